The zero-order chi connectivity index (χ0) is 16.4. The average molecular weight is 395 g/mol. The van der Waals surface area contributed by atoms with Crippen molar-refractivity contribution in [3.8, 4) is 0 Å². The summed E-state index contributed by atoms with van der Waals surface area (Å²) in [6, 6.07) is 11.8. The van der Waals surface area contributed by atoms with Gasteiger partial charge in [0.05, 0.1) is 12.2 Å². The molecule has 1 aliphatic carbocycles. The topological polar surface area (TPSA) is 41.9 Å². The Morgan fingerprint density at radius 1 is 1.27 bits per heavy atom. The van der Waals surface area contributed by atoms with Gasteiger partial charge in [0.2, 0.25) is 0 Å². The van der Waals surface area contributed by atoms with E-state index in [9.17, 15) is 0 Å². The number of halogens is 2. The molecule has 142 valence electrons. The lowest BCUT2D eigenvalue weighted by Crippen LogP contribution is -2.43. The zero-order valence-electron chi connectivity index (χ0n) is 15.1. The van der Waals surface area contributed by atoms with Crippen molar-refractivity contribution in [1.82, 2.24) is 20.4 Å². The fourth-order valence-corrected chi connectivity index (χ4v) is 3.44. The van der Waals surface area contributed by atoms with Crippen molar-refractivity contribution in [3.63, 3.8) is 0 Å². The summed E-state index contributed by atoms with van der Waals surface area (Å²) in [6.07, 6.45) is 8.95. The lowest BCUT2D eigenvalue weighted by atomic mass is 10.0. The number of hydrogen-bond acceptors (Lipinski definition) is 3. The highest BCUT2D eigenvalue weighted by atomic mass is 35.5. The van der Waals surface area contributed by atoms with Crippen LogP contribution in [0.2, 0.25) is 0 Å². The van der Waals surface area contributed by atoms with Gasteiger partial charge in [-0.15, -0.1) is 24.8 Å². The van der Waals surface area contributed by atoms with E-state index in [1.807, 2.05) is 6.20 Å². The van der Waals surface area contributed by atoms with E-state index in [1.54, 1.807) is 5.57 Å². The van der Waals surface area contributed by atoms with E-state index in [2.05, 4.69) is 69.9 Å². The van der Waals surface area contributed by atoms with Crippen LogP contribution in [-0.2, 0) is 6.54 Å². The summed E-state index contributed by atoms with van der Waals surface area (Å²) in [5.74, 6) is 0.695. The molecule has 2 aliphatic rings. The monoisotopic (exact) mass is 394 g/mol. The van der Waals surface area contributed by atoms with Gasteiger partial charge in [0.1, 0.15) is 0 Å². The van der Waals surface area contributed by atoms with Gasteiger partial charge in [-0.3, -0.25) is 4.68 Å². The Morgan fingerprint density at radius 2 is 2.04 bits per heavy atom. The average Bonchev–Trinajstić information content (AvgIpc) is 3.20. The van der Waals surface area contributed by atoms with Crippen molar-refractivity contribution in [1.29, 1.82) is 0 Å². The van der Waals surface area contributed by atoms with Crippen molar-refractivity contribution < 1.29 is 0 Å². The van der Waals surface area contributed by atoms with Crippen molar-refractivity contribution in [3.05, 3.63) is 59.4 Å². The molecule has 1 saturated heterocycles. The van der Waals surface area contributed by atoms with Gasteiger partial charge in [-0.2, -0.15) is 5.10 Å². The summed E-state index contributed by atoms with van der Waals surface area (Å²) in [5.41, 5.74) is 4.17. The van der Waals surface area contributed by atoms with Crippen LogP contribution in [0.25, 0.3) is 6.08 Å². The predicted molar refractivity (Wildman–Crippen MR) is 112 cm³/mol. The van der Waals surface area contributed by atoms with Crippen LogP contribution in [0.5, 0.6) is 0 Å². The number of nitrogens with one attached hydrogen (secondary N) is 2. The minimum absolute atomic E-state index is 0. The van der Waals surface area contributed by atoms with Gasteiger partial charge >= 0.3 is 0 Å². The molecule has 0 amide bonds. The summed E-state index contributed by atoms with van der Waals surface area (Å²) >= 11 is 0. The largest absolute Gasteiger partial charge is 0.312 e. The molecule has 1 aliphatic heterocycles. The van der Waals surface area contributed by atoms with Crippen molar-refractivity contribution in [2.75, 3.05) is 13.1 Å². The maximum absolute atomic E-state index is 4.49. The van der Waals surface area contributed by atoms with Crippen LogP contribution in [0.1, 0.15) is 36.9 Å². The fourth-order valence-electron chi connectivity index (χ4n) is 3.44. The molecule has 1 aromatic heterocycles. The van der Waals surface area contributed by atoms with E-state index < -0.39 is 0 Å². The van der Waals surface area contributed by atoms with E-state index in [-0.39, 0.29) is 24.8 Å². The van der Waals surface area contributed by atoms with Crippen molar-refractivity contribution >= 4 is 30.9 Å². The predicted octanol–water partition coefficient (Wildman–Crippen LogP) is 3.84. The van der Waals surface area contributed by atoms with Gasteiger partial charge in [0, 0.05) is 37.4 Å². The highest BCUT2D eigenvalue weighted by Gasteiger charge is 2.38. The molecular formula is C20H28Cl2N4. The Bertz CT molecular complexity index is 710. The van der Waals surface area contributed by atoms with Gasteiger partial charge < -0.3 is 10.6 Å². The molecule has 2 aromatic rings. The molecule has 26 heavy (non-hydrogen) atoms. The molecule has 4 rings (SSSR count). The molecule has 0 unspecified atom stereocenters. The van der Waals surface area contributed by atoms with Gasteiger partial charge in [0.15, 0.2) is 0 Å². The number of aromatic nitrogens is 2. The third kappa shape index (κ3) is 4.89. The standard InChI is InChI=1S/C20H26N4.2ClH/c1-2-17(8-15-6-4-3-5-7-15)19-9-20(19)22-10-16-11-23-24(14-16)18-12-21-13-18;;/h3-8,11,14,18-22H,2,9-10,12-13H2,1H3;2*1H/b17-8+;;/t19-,20+;;/m0../s1. The summed E-state index contributed by atoms with van der Waals surface area (Å²) < 4.78 is 2.10. The summed E-state index contributed by atoms with van der Waals surface area (Å²) in [5, 5.41) is 11.5. The summed E-state index contributed by atoms with van der Waals surface area (Å²) in [4.78, 5) is 0. The van der Waals surface area contributed by atoms with Gasteiger partial charge in [0.25, 0.3) is 0 Å². The van der Waals surface area contributed by atoms with Gasteiger partial charge in [-0.25, -0.2) is 0 Å². The van der Waals surface area contributed by atoms with Crippen molar-refractivity contribution in [2.45, 2.75) is 38.4 Å². The lowest BCUT2D eigenvalue weighted by Gasteiger charge is -2.27. The maximum Gasteiger partial charge on any atom is 0.0767 e. The van der Waals surface area contributed by atoms with Crippen LogP contribution < -0.4 is 10.6 Å². The highest BCUT2D eigenvalue weighted by Crippen LogP contribution is 2.39. The number of rotatable bonds is 7. The number of benzene rings is 1. The van der Waals surface area contributed by atoms with Gasteiger partial charge in [-0.05, 0) is 24.3 Å². The second kappa shape index (κ2) is 9.56. The van der Waals surface area contributed by atoms with Crippen LogP contribution >= 0.6 is 24.8 Å². The molecular weight excluding hydrogens is 367 g/mol. The fraction of sp³-hybridized carbons (Fsp3) is 0.450. The molecule has 0 spiro atoms. The molecule has 0 bridgehead atoms. The smallest absolute Gasteiger partial charge is 0.0767 e. The third-order valence-electron chi connectivity index (χ3n) is 5.18. The Kier molecular flexibility index (Phi) is 7.71. The van der Waals surface area contributed by atoms with E-state index in [0.717, 1.165) is 26.1 Å². The quantitative estimate of drug-likeness (QED) is 0.749. The first-order chi connectivity index (χ1) is 11.8. The highest BCUT2D eigenvalue weighted by molar-refractivity contribution is 5.85. The SMILES string of the molecule is CC/C(=C\c1ccccc1)[C@@H]1C[C@H]1NCc1cnn(C2CNC2)c1.Cl.Cl. The van der Waals surface area contributed by atoms with Crippen LogP contribution in [0.4, 0.5) is 0 Å². The lowest BCUT2D eigenvalue weighted by molar-refractivity contribution is 0.318. The molecule has 4 nitrogen and oxygen atoms in total. The maximum atomic E-state index is 4.49. The van der Waals surface area contributed by atoms with Crippen LogP contribution in [0.3, 0.4) is 0 Å². The first kappa shape index (κ1) is 21.0. The number of nitrogens with zero attached hydrogens (tertiary/aromatic N) is 2. The minimum atomic E-state index is 0. The third-order valence-corrected chi connectivity index (χ3v) is 5.18. The van der Waals surface area contributed by atoms with E-state index in [0.29, 0.717) is 18.0 Å². The molecule has 2 fully saturated rings. The Balaban J connectivity index is 0.00000121. The summed E-state index contributed by atoms with van der Waals surface area (Å²) in [6.45, 7) is 5.28. The molecule has 2 atom stereocenters. The molecule has 6 heteroatoms. The Hall–Kier alpha value is -1.33. The molecule has 2 heterocycles. The Labute approximate surface area is 168 Å². The summed E-state index contributed by atoms with van der Waals surface area (Å²) in [7, 11) is 0. The van der Waals surface area contributed by atoms with E-state index in [4.69, 9.17) is 0 Å². The van der Waals surface area contributed by atoms with E-state index >= 15 is 0 Å². The Morgan fingerprint density at radius 3 is 2.69 bits per heavy atom. The van der Waals surface area contributed by atoms with E-state index in [1.165, 1.54) is 17.5 Å². The molecule has 2 N–H and O–H groups in total. The normalized spacial score (nSPS) is 22.1. The second-order valence-electron chi connectivity index (χ2n) is 6.95. The number of hydrogen-bond donors (Lipinski definition) is 2. The zero-order valence-corrected chi connectivity index (χ0v) is 16.7. The van der Waals surface area contributed by atoms with Crippen LogP contribution in [0, 0.1) is 5.92 Å². The first-order valence-corrected chi connectivity index (χ1v) is 9.06. The molecule has 0 radical (unpaired) electrons. The second-order valence-corrected chi connectivity index (χ2v) is 6.95. The van der Waals surface area contributed by atoms with Crippen LogP contribution in [0.15, 0.2) is 48.3 Å². The first-order valence-electron chi connectivity index (χ1n) is 9.06. The molecule has 1 aromatic carbocycles. The molecule has 1 saturated carbocycles. The minimum Gasteiger partial charge on any atom is -0.312 e. The van der Waals surface area contributed by atoms with Crippen molar-refractivity contribution in [2.24, 2.45) is 5.92 Å². The van der Waals surface area contributed by atoms with Crippen LogP contribution in [-0.4, -0.2) is 28.9 Å². The van der Waals surface area contributed by atoms with Gasteiger partial charge in [-0.1, -0.05) is 48.9 Å².